The molecule has 0 saturated heterocycles. The zero-order chi connectivity index (χ0) is 7.98. The van der Waals surface area contributed by atoms with Crippen LogP contribution < -0.4 is 5.48 Å². The van der Waals surface area contributed by atoms with E-state index in [-0.39, 0.29) is 12.3 Å². The molecule has 0 aromatic rings. The Hall–Kier alpha value is -0.930. The van der Waals surface area contributed by atoms with Gasteiger partial charge in [0, 0.05) is 6.54 Å². The molecule has 0 aliphatic rings. The molecule has 0 saturated carbocycles. The van der Waals surface area contributed by atoms with Gasteiger partial charge in [-0.15, -0.1) is 0 Å². The van der Waals surface area contributed by atoms with Crippen molar-refractivity contribution in [3.63, 3.8) is 0 Å². The van der Waals surface area contributed by atoms with Gasteiger partial charge in [-0.25, -0.2) is 0 Å². The Kier molecular flexibility index (Phi) is 4.45. The lowest BCUT2D eigenvalue weighted by molar-refractivity contribution is -0.111. The highest BCUT2D eigenvalue weighted by atomic mass is 16.5. The predicted octanol–water partition coefficient (Wildman–Crippen LogP) is 0.775. The normalized spacial score (nSPS) is 10.2. The molecule has 3 nitrogen and oxygen atoms in total. The topological polar surface area (TPSA) is 52.2 Å². The van der Waals surface area contributed by atoms with E-state index in [4.69, 9.17) is 0 Å². The van der Waals surface area contributed by atoms with Crippen molar-refractivity contribution in [1.82, 2.24) is 5.48 Å². The summed E-state index contributed by atoms with van der Waals surface area (Å²) in [6.07, 6.45) is 2.79. The fraction of sp³-hybridized carbons (Fsp3) is 0.286. The van der Waals surface area contributed by atoms with Crippen molar-refractivity contribution in [2.24, 2.45) is 0 Å². The van der Waals surface area contributed by atoms with Crippen LogP contribution >= 0.6 is 0 Å². The number of rotatable bonds is 4. The van der Waals surface area contributed by atoms with Crippen LogP contribution in [0.4, 0.5) is 0 Å². The van der Waals surface area contributed by atoms with Crippen molar-refractivity contribution in [3.05, 3.63) is 29.5 Å². The molecule has 0 unspecified atom stereocenters. The van der Waals surface area contributed by atoms with E-state index in [0.717, 1.165) is 0 Å². The number of hydrogen-bond donors (Lipinski definition) is 1. The van der Waals surface area contributed by atoms with Crippen molar-refractivity contribution < 1.29 is 4.79 Å². The van der Waals surface area contributed by atoms with Gasteiger partial charge in [-0.2, -0.15) is 0 Å². The molecule has 0 aromatic carbocycles. The lowest BCUT2D eigenvalue weighted by Gasteiger charge is -1.99. The maximum Gasteiger partial charge on any atom is 0.180 e. The molecule has 0 aromatic heterocycles. The van der Waals surface area contributed by atoms with E-state index in [1.807, 2.05) is 0 Å². The van der Waals surface area contributed by atoms with E-state index in [9.17, 15) is 10.0 Å². The number of nitrogens with one attached hydrogen (secondary N) is 1. The van der Waals surface area contributed by atoms with Gasteiger partial charge in [0.15, 0.2) is 5.78 Å². The van der Waals surface area contributed by atoms with E-state index in [1.54, 1.807) is 12.4 Å². The maximum atomic E-state index is 10.7. The molecule has 0 fully saturated rings. The summed E-state index contributed by atoms with van der Waals surface area (Å²) >= 11 is 0. The average Bonchev–Trinajstić information content (AvgIpc) is 1.88. The quantitative estimate of drug-likeness (QED) is 0.463. The summed E-state index contributed by atoms with van der Waals surface area (Å²) in [4.78, 5) is 10.7. The van der Waals surface area contributed by atoms with Crippen LogP contribution in [-0.4, -0.2) is 12.3 Å². The Balaban J connectivity index is 3.67. The van der Waals surface area contributed by atoms with Gasteiger partial charge < -0.3 is 10.7 Å². The molecular formula is C7H10NO2-. The Bertz CT molecular complexity index is 161. The monoisotopic (exact) mass is 140 g/mol. The van der Waals surface area contributed by atoms with Gasteiger partial charge in [0.1, 0.15) is 0 Å². The predicted molar refractivity (Wildman–Crippen MR) is 40.3 cm³/mol. The van der Waals surface area contributed by atoms with Crippen LogP contribution in [0.2, 0.25) is 0 Å². The maximum absolute atomic E-state index is 10.7. The number of carbonyl (C=O) groups is 1. The first-order valence-corrected chi connectivity index (χ1v) is 2.90. The van der Waals surface area contributed by atoms with Gasteiger partial charge in [0.25, 0.3) is 0 Å². The van der Waals surface area contributed by atoms with Gasteiger partial charge in [0.05, 0.1) is 0 Å². The van der Waals surface area contributed by atoms with Crippen LogP contribution in [0.1, 0.15) is 6.92 Å². The molecule has 0 aliphatic carbocycles. The molecule has 0 amide bonds. The van der Waals surface area contributed by atoms with Crippen LogP contribution in [0.25, 0.3) is 0 Å². The smallest absolute Gasteiger partial charge is 0.180 e. The zero-order valence-electron chi connectivity index (χ0n) is 5.89. The molecule has 3 heteroatoms. The van der Waals surface area contributed by atoms with Gasteiger partial charge in [0.2, 0.25) is 0 Å². The third-order valence-electron chi connectivity index (χ3n) is 0.891. The molecule has 0 spiro atoms. The third-order valence-corrected chi connectivity index (χ3v) is 0.891. The lowest BCUT2D eigenvalue weighted by Crippen LogP contribution is -2.02. The summed E-state index contributed by atoms with van der Waals surface area (Å²) < 4.78 is 0. The Morgan fingerprint density at radius 3 is 2.80 bits per heavy atom. The lowest BCUT2D eigenvalue weighted by atomic mass is 10.2. The largest absolute Gasteiger partial charge is 0.788 e. The van der Waals surface area contributed by atoms with Gasteiger partial charge in [-0.1, -0.05) is 12.7 Å². The Morgan fingerprint density at radius 2 is 2.40 bits per heavy atom. The Labute approximate surface area is 60.0 Å². The second kappa shape index (κ2) is 4.90. The van der Waals surface area contributed by atoms with Crippen molar-refractivity contribution in [2.75, 3.05) is 6.54 Å². The number of carbonyl (C=O) groups excluding carboxylic acids is 1. The molecule has 56 valence electrons. The van der Waals surface area contributed by atoms with Gasteiger partial charge in [-0.05, 0) is 18.6 Å². The standard InChI is InChI=1S/C7H10NO2/c1-6(2)7(9)4-3-5-8-10/h3-4,8H,1,5H2,2H3/q-1. The molecular weight excluding hydrogens is 130 g/mol. The second-order valence-electron chi connectivity index (χ2n) is 1.90. The van der Waals surface area contributed by atoms with Crippen LogP contribution in [0.5, 0.6) is 0 Å². The average molecular weight is 140 g/mol. The van der Waals surface area contributed by atoms with E-state index in [0.29, 0.717) is 5.57 Å². The van der Waals surface area contributed by atoms with Crippen LogP contribution in [0.15, 0.2) is 24.3 Å². The first-order valence-electron chi connectivity index (χ1n) is 2.90. The number of allylic oxidation sites excluding steroid dienone is 2. The fourth-order valence-corrected chi connectivity index (χ4v) is 0.356. The molecule has 0 radical (unpaired) electrons. The SMILES string of the molecule is C=C(C)C(=O)C=CCN[O-]. The molecule has 0 aliphatic heterocycles. The van der Waals surface area contributed by atoms with Crippen molar-refractivity contribution in [3.8, 4) is 0 Å². The van der Waals surface area contributed by atoms with Crippen LogP contribution in [-0.2, 0) is 4.79 Å². The molecule has 10 heavy (non-hydrogen) atoms. The van der Waals surface area contributed by atoms with Gasteiger partial charge >= 0.3 is 0 Å². The number of hydrogen-bond acceptors (Lipinski definition) is 3. The minimum Gasteiger partial charge on any atom is -0.788 e. The minimum absolute atomic E-state index is 0.143. The fourth-order valence-electron chi connectivity index (χ4n) is 0.356. The Morgan fingerprint density at radius 1 is 1.80 bits per heavy atom. The highest BCUT2D eigenvalue weighted by Crippen LogP contribution is 1.89. The van der Waals surface area contributed by atoms with Gasteiger partial charge in [-0.3, -0.25) is 4.79 Å². The second-order valence-corrected chi connectivity index (χ2v) is 1.90. The van der Waals surface area contributed by atoms with E-state index < -0.39 is 0 Å². The van der Waals surface area contributed by atoms with E-state index in [1.165, 1.54) is 12.2 Å². The number of hydroxylamine groups is 1. The summed E-state index contributed by atoms with van der Waals surface area (Å²) in [5, 5.41) is 9.65. The first kappa shape index (κ1) is 9.07. The number of ketones is 1. The summed E-state index contributed by atoms with van der Waals surface area (Å²) in [6.45, 7) is 5.22. The first-order chi connectivity index (χ1) is 4.68. The third kappa shape index (κ3) is 4.00. The molecule has 0 heterocycles. The highest BCUT2D eigenvalue weighted by molar-refractivity contribution is 6.02. The summed E-state index contributed by atoms with van der Waals surface area (Å²) in [7, 11) is 0. The summed E-state index contributed by atoms with van der Waals surface area (Å²) in [6, 6.07) is 0. The van der Waals surface area contributed by atoms with Crippen molar-refractivity contribution in [1.29, 1.82) is 0 Å². The molecule has 0 rings (SSSR count). The molecule has 0 atom stereocenters. The molecule has 1 N–H and O–H groups in total. The minimum atomic E-state index is -0.143. The highest BCUT2D eigenvalue weighted by Gasteiger charge is 1.92. The van der Waals surface area contributed by atoms with E-state index in [2.05, 4.69) is 6.58 Å². The van der Waals surface area contributed by atoms with Crippen LogP contribution in [0.3, 0.4) is 0 Å². The van der Waals surface area contributed by atoms with Crippen molar-refractivity contribution >= 4 is 5.78 Å². The zero-order valence-corrected chi connectivity index (χ0v) is 5.89. The van der Waals surface area contributed by atoms with E-state index >= 15 is 0 Å². The van der Waals surface area contributed by atoms with Crippen molar-refractivity contribution in [2.45, 2.75) is 6.92 Å². The summed E-state index contributed by atoms with van der Waals surface area (Å²) in [5.74, 6) is -0.143. The summed E-state index contributed by atoms with van der Waals surface area (Å²) in [5.41, 5.74) is 2.12. The van der Waals surface area contributed by atoms with Crippen LogP contribution in [0, 0.1) is 5.21 Å². The molecule has 0 bridgehead atoms.